The minimum absolute atomic E-state index is 0.221. The van der Waals surface area contributed by atoms with E-state index in [2.05, 4.69) is 6.92 Å². The second-order valence-electron chi connectivity index (χ2n) is 3.08. The molecule has 1 aromatic rings. The van der Waals surface area contributed by atoms with E-state index in [1.165, 1.54) is 0 Å². The monoisotopic (exact) mass is 225 g/mol. The number of hydrogen-bond donors (Lipinski definition) is 0. The van der Waals surface area contributed by atoms with Gasteiger partial charge in [0.05, 0.1) is 0 Å². The summed E-state index contributed by atoms with van der Waals surface area (Å²) in [4.78, 5) is 0. The molecular formula is C12H14ClO2. The van der Waals surface area contributed by atoms with Crippen molar-refractivity contribution >= 4 is 17.2 Å². The average Bonchev–Trinajstić information content (AvgIpc) is 2.26. The fraction of sp³-hybridized carbons (Fsp3) is 0.250. The molecule has 0 saturated heterocycles. The molecule has 0 amide bonds. The predicted molar refractivity (Wildman–Crippen MR) is 63.0 cm³/mol. The molecule has 0 aromatic heterocycles. The maximum absolute atomic E-state index is 5.92. The van der Waals surface area contributed by atoms with Crippen LogP contribution >= 0.6 is 11.6 Å². The van der Waals surface area contributed by atoms with Gasteiger partial charge in [0.15, 0.2) is 6.79 Å². The Bertz CT molecular complexity index is 359. The van der Waals surface area contributed by atoms with E-state index in [0.29, 0.717) is 5.02 Å². The van der Waals surface area contributed by atoms with Crippen LogP contribution in [0.25, 0.3) is 5.57 Å². The Labute approximate surface area is 95.5 Å². The van der Waals surface area contributed by atoms with E-state index in [4.69, 9.17) is 21.1 Å². The minimum Gasteiger partial charge on any atom is -0.467 e. The molecule has 81 valence electrons. The van der Waals surface area contributed by atoms with E-state index in [0.717, 1.165) is 16.9 Å². The first-order valence-corrected chi connectivity index (χ1v) is 4.94. The maximum atomic E-state index is 5.92. The zero-order valence-corrected chi connectivity index (χ0v) is 9.67. The summed E-state index contributed by atoms with van der Waals surface area (Å²) in [5.74, 6) is 0.749. The van der Waals surface area contributed by atoms with Gasteiger partial charge < -0.3 is 9.47 Å². The van der Waals surface area contributed by atoms with Gasteiger partial charge in [-0.1, -0.05) is 17.7 Å². The third kappa shape index (κ3) is 3.26. The van der Waals surface area contributed by atoms with Gasteiger partial charge in [0.25, 0.3) is 0 Å². The quantitative estimate of drug-likeness (QED) is 0.730. The van der Waals surface area contributed by atoms with Crippen LogP contribution in [0.1, 0.15) is 12.5 Å². The molecule has 1 aromatic carbocycles. The summed E-state index contributed by atoms with van der Waals surface area (Å²) in [7, 11) is 1.58. The molecule has 0 spiro atoms. The topological polar surface area (TPSA) is 18.5 Å². The molecule has 0 bridgehead atoms. The second-order valence-corrected chi connectivity index (χ2v) is 3.51. The molecule has 2 nitrogen and oxygen atoms in total. The molecule has 0 atom stereocenters. The zero-order valence-electron chi connectivity index (χ0n) is 8.92. The molecule has 3 heteroatoms. The second kappa shape index (κ2) is 5.79. The van der Waals surface area contributed by atoms with E-state index in [1.54, 1.807) is 19.3 Å². The van der Waals surface area contributed by atoms with Gasteiger partial charge in [-0.25, -0.2) is 0 Å². The molecule has 0 aliphatic heterocycles. The lowest BCUT2D eigenvalue weighted by molar-refractivity contribution is 0.0509. The highest BCUT2D eigenvalue weighted by molar-refractivity contribution is 6.30. The number of ether oxygens (including phenoxy) is 2. The first kappa shape index (κ1) is 12.1. The Balaban J connectivity index is 3.03. The van der Waals surface area contributed by atoms with Crippen molar-refractivity contribution in [3.8, 4) is 5.75 Å². The van der Waals surface area contributed by atoms with Crippen LogP contribution in [-0.2, 0) is 4.74 Å². The number of allylic oxidation sites excluding steroid dienone is 2. The summed E-state index contributed by atoms with van der Waals surface area (Å²) < 4.78 is 10.3. The normalized spacial score (nSPS) is 11.6. The number of hydrogen-bond acceptors (Lipinski definition) is 2. The summed E-state index contributed by atoms with van der Waals surface area (Å²) in [6.45, 7) is 5.90. The summed E-state index contributed by atoms with van der Waals surface area (Å²) in [6, 6.07) is 5.46. The van der Waals surface area contributed by atoms with Gasteiger partial charge in [0, 0.05) is 17.7 Å². The number of rotatable bonds is 4. The number of halogens is 1. The maximum Gasteiger partial charge on any atom is 0.188 e. The lowest BCUT2D eigenvalue weighted by Crippen LogP contribution is -2.01. The van der Waals surface area contributed by atoms with Crippen molar-refractivity contribution in [2.45, 2.75) is 6.92 Å². The van der Waals surface area contributed by atoms with E-state index in [9.17, 15) is 0 Å². The molecule has 0 saturated carbocycles. The van der Waals surface area contributed by atoms with Crippen LogP contribution in [0.4, 0.5) is 0 Å². The molecule has 1 radical (unpaired) electrons. The van der Waals surface area contributed by atoms with Crippen molar-refractivity contribution in [1.82, 2.24) is 0 Å². The molecular weight excluding hydrogens is 212 g/mol. The first-order chi connectivity index (χ1) is 7.19. The Morgan fingerprint density at radius 2 is 2.27 bits per heavy atom. The summed E-state index contributed by atoms with van der Waals surface area (Å²) in [5, 5.41) is 0.677. The van der Waals surface area contributed by atoms with E-state index >= 15 is 0 Å². The van der Waals surface area contributed by atoms with Crippen molar-refractivity contribution in [2.75, 3.05) is 13.9 Å². The average molecular weight is 226 g/mol. The van der Waals surface area contributed by atoms with Crippen LogP contribution in [0.2, 0.25) is 5.02 Å². The molecule has 1 rings (SSSR count). The Morgan fingerprint density at radius 1 is 1.53 bits per heavy atom. The molecule has 0 fully saturated rings. The van der Waals surface area contributed by atoms with Crippen LogP contribution in [0.3, 0.4) is 0 Å². The van der Waals surface area contributed by atoms with Crippen LogP contribution in [0.5, 0.6) is 5.75 Å². The highest BCUT2D eigenvalue weighted by atomic mass is 35.5. The van der Waals surface area contributed by atoms with Crippen molar-refractivity contribution < 1.29 is 9.47 Å². The van der Waals surface area contributed by atoms with Gasteiger partial charge in [-0.15, -0.1) is 0 Å². The lowest BCUT2D eigenvalue weighted by atomic mass is 10.1. The van der Waals surface area contributed by atoms with Crippen LogP contribution in [0.15, 0.2) is 24.3 Å². The number of benzene rings is 1. The van der Waals surface area contributed by atoms with Gasteiger partial charge >= 0.3 is 0 Å². The van der Waals surface area contributed by atoms with E-state index < -0.39 is 0 Å². The van der Waals surface area contributed by atoms with Gasteiger partial charge in [-0.3, -0.25) is 0 Å². The third-order valence-corrected chi connectivity index (χ3v) is 2.24. The van der Waals surface area contributed by atoms with Crippen LogP contribution in [0, 0.1) is 6.92 Å². The minimum atomic E-state index is 0.221. The van der Waals surface area contributed by atoms with E-state index in [1.807, 2.05) is 19.1 Å². The molecule has 0 aliphatic rings. The van der Waals surface area contributed by atoms with Crippen molar-refractivity contribution in [2.24, 2.45) is 0 Å². The largest absolute Gasteiger partial charge is 0.467 e. The molecule has 0 heterocycles. The van der Waals surface area contributed by atoms with Crippen molar-refractivity contribution in [1.29, 1.82) is 0 Å². The fourth-order valence-electron chi connectivity index (χ4n) is 1.17. The SMILES string of the molecule is [CH2]/C=C(/C)c1cc(Cl)ccc1OCOC. The summed E-state index contributed by atoms with van der Waals surface area (Å²) in [6.07, 6.45) is 1.77. The van der Waals surface area contributed by atoms with Gasteiger partial charge in [0.1, 0.15) is 5.75 Å². The van der Waals surface area contributed by atoms with Crippen molar-refractivity contribution in [3.63, 3.8) is 0 Å². The molecule has 0 unspecified atom stereocenters. The van der Waals surface area contributed by atoms with Gasteiger partial charge in [0.2, 0.25) is 0 Å². The Hall–Kier alpha value is -0.990. The summed E-state index contributed by atoms with van der Waals surface area (Å²) >= 11 is 5.92. The Morgan fingerprint density at radius 3 is 2.87 bits per heavy atom. The third-order valence-electron chi connectivity index (χ3n) is 2.00. The van der Waals surface area contributed by atoms with Crippen LogP contribution < -0.4 is 4.74 Å². The smallest absolute Gasteiger partial charge is 0.188 e. The van der Waals surface area contributed by atoms with Crippen LogP contribution in [-0.4, -0.2) is 13.9 Å². The first-order valence-electron chi connectivity index (χ1n) is 4.56. The molecule has 15 heavy (non-hydrogen) atoms. The predicted octanol–water partition coefficient (Wildman–Crippen LogP) is 3.56. The van der Waals surface area contributed by atoms with Gasteiger partial charge in [-0.2, -0.15) is 0 Å². The number of methoxy groups -OCH3 is 1. The summed E-state index contributed by atoms with van der Waals surface area (Å²) in [5.41, 5.74) is 1.96. The standard InChI is InChI=1S/C12H14ClO2/c1-4-9(2)11-7-10(13)5-6-12(11)15-8-14-3/h4-7H,1,8H2,2-3H3/b9-4-. The molecule has 0 aliphatic carbocycles. The lowest BCUT2D eigenvalue weighted by Gasteiger charge is -2.11. The zero-order chi connectivity index (χ0) is 11.3. The van der Waals surface area contributed by atoms with Gasteiger partial charge in [-0.05, 0) is 37.6 Å². The Kier molecular flexibility index (Phi) is 4.66. The highest BCUT2D eigenvalue weighted by Crippen LogP contribution is 2.28. The fourth-order valence-corrected chi connectivity index (χ4v) is 1.34. The highest BCUT2D eigenvalue weighted by Gasteiger charge is 2.05. The molecule has 0 N–H and O–H groups in total. The van der Waals surface area contributed by atoms with Crippen molar-refractivity contribution in [3.05, 3.63) is 41.8 Å². The van der Waals surface area contributed by atoms with E-state index in [-0.39, 0.29) is 6.79 Å².